The van der Waals surface area contributed by atoms with Crippen molar-refractivity contribution < 1.29 is 9.90 Å². The van der Waals surface area contributed by atoms with Crippen molar-refractivity contribution in [1.82, 2.24) is 0 Å². The van der Waals surface area contributed by atoms with Gasteiger partial charge in [0.25, 0.3) is 0 Å². The summed E-state index contributed by atoms with van der Waals surface area (Å²) in [5.41, 5.74) is 4.84. The van der Waals surface area contributed by atoms with Crippen LogP contribution in [0.15, 0.2) is 0 Å². The van der Waals surface area contributed by atoms with E-state index in [1.54, 1.807) is 0 Å². The Labute approximate surface area is 35.8 Å². The van der Waals surface area contributed by atoms with Crippen LogP contribution in [0.3, 0.4) is 0 Å². The van der Waals surface area contributed by atoms with Crippen molar-refractivity contribution >= 4 is 5.97 Å². The second-order valence-corrected chi connectivity index (χ2v) is 1.13. The fourth-order valence-electron chi connectivity index (χ4n) is 0. The van der Waals surface area contributed by atoms with Crippen LogP contribution in [0.25, 0.3) is 0 Å². The van der Waals surface area contributed by atoms with Gasteiger partial charge < -0.3 is 10.8 Å². The van der Waals surface area contributed by atoms with Gasteiger partial charge >= 0.3 is 5.97 Å². The highest BCUT2D eigenvalue weighted by Gasteiger charge is 1.99. The Morgan fingerprint density at radius 2 is 2.17 bits per heavy atom. The Morgan fingerprint density at radius 3 is 2.17 bits per heavy atom. The molecule has 36 valence electrons. The van der Waals surface area contributed by atoms with Gasteiger partial charge in [0.1, 0.15) is 6.04 Å². The van der Waals surface area contributed by atoms with E-state index in [1.807, 2.05) is 0 Å². The van der Waals surface area contributed by atoms with Crippen LogP contribution < -0.4 is 5.73 Å². The number of rotatable bonds is 1. The molecule has 0 fully saturated rings. The lowest BCUT2D eigenvalue weighted by Crippen LogP contribution is -2.25. The average molecular weight is 93.1 g/mol. The topological polar surface area (TPSA) is 63.3 Å². The molecule has 3 N–H and O–H groups in total. The summed E-state index contributed by atoms with van der Waals surface area (Å²) >= 11 is 0. The third-order valence-corrected chi connectivity index (χ3v) is 0.390. The fraction of sp³-hybridized carbons (Fsp3) is 0.667. The molecular formula is C3H7NO2. The van der Waals surface area contributed by atoms with Gasteiger partial charge in [0.2, 0.25) is 0 Å². The van der Waals surface area contributed by atoms with E-state index >= 15 is 0 Å². The maximum atomic E-state index is 9.57. The summed E-state index contributed by atoms with van der Waals surface area (Å²) in [6.07, 6.45) is 0. The fourth-order valence-corrected chi connectivity index (χ4v) is 0. The molecular weight excluding hydrogens is 86.0 g/mol. The zero-order chi connectivity index (χ0) is 5.15. The Kier molecular flexibility index (Phi) is 1.60. The SMILES string of the molecule is [13CH3][13C@@H]([15NH2])[13C](=O)O. The summed E-state index contributed by atoms with van der Waals surface area (Å²) in [5, 5.41) is 7.87. The van der Waals surface area contributed by atoms with Crippen LogP contribution in [-0.4, -0.2) is 17.1 Å². The van der Waals surface area contributed by atoms with Gasteiger partial charge in [-0.2, -0.15) is 0 Å². The minimum Gasteiger partial charge on any atom is -0.480 e. The van der Waals surface area contributed by atoms with Gasteiger partial charge in [0, 0.05) is 0 Å². The van der Waals surface area contributed by atoms with Crippen LogP contribution in [0.1, 0.15) is 6.92 Å². The Hall–Kier alpha value is -0.570. The van der Waals surface area contributed by atoms with Gasteiger partial charge in [-0.15, -0.1) is 0 Å². The van der Waals surface area contributed by atoms with Crippen molar-refractivity contribution in [2.24, 2.45) is 5.73 Å². The van der Waals surface area contributed by atoms with Crippen molar-refractivity contribution in [3.63, 3.8) is 0 Å². The molecule has 0 aromatic rings. The average Bonchev–Trinajstić information content (AvgIpc) is 1.36. The number of hydrogen-bond acceptors (Lipinski definition) is 2. The minimum atomic E-state index is -0.963. The first-order valence-corrected chi connectivity index (χ1v) is 1.63. The highest BCUT2D eigenvalue weighted by atomic mass is 16.5. The van der Waals surface area contributed by atoms with E-state index in [-0.39, 0.29) is 0 Å². The lowest BCUT2D eigenvalue weighted by Gasteiger charge is -1.90. The lowest BCUT2D eigenvalue weighted by molar-refractivity contribution is -0.138. The third-order valence-electron chi connectivity index (χ3n) is 0.390. The molecule has 1 atom stereocenters. The predicted molar refractivity (Wildman–Crippen MR) is 21.3 cm³/mol. The van der Waals surface area contributed by atoms with Crippen LogP contribution in [0.5, 0.6) is 0 Å². The molecule has 0 rings (SSSR count). The number of carboxylic acids is 1. The first-order chi connectivity index (χ1) is 2.64. The molecule has 0 aliphatic heterocycles. The quantitative estimate of drug-likeness (QED) is 0.336. The molecule has 0 unspecified atom stereocenters. The molecule has 0 heterocycles. The van der Waals surface area contributed by atoms with Gasteiger partial charge in [-0.25, -0.2) is 0 Å². The second kappa shape index (κ2) is 1.77. The summed E-state index contributed by atoms with van der Waals surface area (Å²) in [6, 6.07) is -0.731. The van der Waals surface area contributed by atoms with Crippen molar-refractivity contribution in [3.05, 3.63) is 0 Å². The van der Waals surface area contributed by atoms with E-state index in [1.165, 1.54) is 6.92 Å². The normalized spacial score (nSPS) is 13.7. The van der Waals surface area contributed by atoms with E-state index in [2.05, 4.69) is 0 Å². The number of hydrogen-bond donors (Lipinski definition) is 2. The summed E-state index contributed by atoms with van der Waals surface area (Å²) in [4.78, 5) is 9.57. The van der Waals surface area contributed by atoms with Crippen LogP contribution in [0.2, 0.25) is 0 Å². The van der Waals surface area contributed by atoms with E-state index in [0.29, 0.717) is 0 Å². The van der Waals surface area contributed by atoms with Crippen molar-refractivity contribution in [2.75, 3.05) is 0 Å². The van der Waals surface area contributed by atoms with Crippen molar-refractivity contribution in [3.8, 4) is 0 Å². The highest BCUT2D eigenvalue weighted by molar-refractivity contribution is 5.72. The van der Waals surface area contributed by atoms with Crippen LogP contribution in [0.4, 0.5) is 0 Å². The highest BCUT2D eigenvalue weighted by Crippen LogP contribution is 1.68. The van der Waals surface area contributed by atoms with Crippen LogP contribution in [-0.2, 0) is 4.79 Å². The van der Waals surface area contributed by atoms with Gasteiger partial charge in [-0.1, -0.05) is 0 Å². The Balaban J connectivity index is 3.26. The van der Waals surface area contributed by atoms with E-state index in [9.17, 15) is 4.79 Å². The summed E-state index contributed by atoms with van der Waals surface area (Å²) in [7, 11) is 0. The Morgan fingerprint density at radius 1 is 2.00 bits per heavy atom. The monoisotopic (exact) mass is 93.1 g/mol. The second-order valence-electron chi connectivity index (χ2n) is 1.13. The molecule has 6 heavy (non-hydrogen) atoms. The first kappa shape index (κ1) is 5.43. The number of carbonyl (C=O) groups is 1. The smallest absolute Gasteiger partial charge is 0.320 e. The molecule has 0 spiro atoms. The number of carboxylic acid groups (broad SMARTS) is 1. The lowest BCUT2D eigenvalue weighted by atomic mass is 11.4. The molecule has 0 saturated carbocycles. The van der Waals surface area contributed by atoms with E-state index in [4.69, 9.17) is 10.8 Å². The van der Waals surface area contributed by atoms with Crippen LogP contribution >= 0.6 is 0 Å². The molecule has 0 saturated heterocycles. The summed E-state index contributed by atoms with van der Waals surface area (Å²) in [5.74, 6) is -0.963. The van der Waals surface area contributed by atoms with Crippen LogP contribution in [0, 0.1) is 0 Å². The van der Waals surface area contributed by atoms with Crippen molar-refractivity contribution in [1.29, 1.82) is 0 Å². The minimum absolute atomic E-state index is 0.731. The molecule has 0 bridgehead atoms. The summed E-state index contributed by atoms with van der Waals surface area (Å²) < 4.78 is 0. The molecule has 0 aliphatic rings. The standard InChI is InChI=1S/C3H7NO2/c1-2(4)3(5)6/h2H,4H2,1H3,(H,5,6)/t2-/m1/s1/i1+1,2+1,3+1,4+1. The van der Waals surface area contributed by atoms with E-state index in [0.717, 1.165) is 0 Å². The van der Waals surface area contributed by atoms with Crippen molar-refractivity contribution in [2.45, 2.75) is 13.0 Å². The third kappa shape index (κ3) is 1.72. The molecule has 0 aliphatic carbocycles. The number of nitrogens with two attached hydrogens (primary N) is 1. The largest absolute Gasteiger partial charge is 0.480 e. The van der Waals surface area contributed by atoms with Gasteiger partial charge in [-0.05, 0) is 6.92 Å². The zero-order valence-corrected chi connectivity index (χ0v) is 3.51. The molecule has 0 amide bonds. The molecule has 0 radical (unpaired) electrons. The molecule has 0 aromatic heterocycles. The van der Waals surface area contributed by atoms with Gasteiger partial charge in [0.05, 0.1) is 0 Å². The maximum absolute atomic E-state index is 9.57. The van der Waals surface area contributed by atoms with Gasteiger partial charge in [-0.3, -0.25) is 4.79 Å². The number of aliphatic carboxylic acids is 1. The predicted octanol–water partition coefficient (Wildman–Crippen LogP) is -0.582. The molecule has 3 nitrogen and oxygen atoms in total. The van der Waals surface area contributed by atoms with E-state index < -0.39 is 12.0 Å². The maximum Gasteiger partial charge on any atom is 0.320 e. The molecule has 3 heteroatoms. The Bertz CT molecular complexity index is 59.8. The first-order valence-electron chi connectivity index (χ1n) is 1.63. The zero-order valence-electron chi connectivity index (χ0n) is 3.51. The molecule has 0 aromatic carbocycles. The van der Waals surface area contributed by atoms with Gasteiger partial charge in [0.15, 0.2) is 0 Å². The summed E-state index contributed by atoms with van der Waals surface area (Å²) in [6.45, 7) is 1.42.